The molecule has 1 unspecified atom stereocenters. The molecule has 1 heterocycles. The number of amides is 1. The molecule has 0 aliphatic carbocycles. The van der Waals surface area contributed by atoms with Crippen LogP contribution in [0, 0.1) is 19.7 Å². The second kappa shape index (κ2) is 10.9. The van der Waals surface area contributed by atoms with Gasteiger partial charge in [0, 0.05) is 44.8 Å². The van der Waals surface area contributed by atoms with E-state index in [1.807, 2.05) is 13.8 Å². The first-order chi connectivity index (χ1) is 11.9. The van der Waals surface area contributed by atoms with E-state index < -0.39 is 0 Å². The first kappa shape index (κ1) is 23.7. The Labute approximate surface area is 183 Å². The number of quaternary nitrogens is 1. The first-order valence-electron chi connectivity index (χ1n) is 9.87. The van der Waals surface area contributed by atoms with Gasteiger partial charge in [-0.2, -0.15) is 0 Å². The van der Waals surface area contributed by atoms with Crippen LogP contribution in [0.25, 0.3) is 0 Å². The van der Waals surface area contributed by atoms with E-state index in [-0.39, 0.29) is 50.5 Å². The van der Waals surface area contributed by atoms with Crippen LogP contribution in [-0.4, -0.2) is 36.1 Å². The Hall–Kier alpha value is -0.316. The number of rotatable bonds is 6. The second-order valence-corrected chi connectivity index (χ2v) is 7.60. The van der Waals surface area contributed by atoms with E-state index in [2.05, 4.69) is 19.2 Å². The zero-order valence-electron chi connectivity index (χ0n) is 16.9. The maximum absolute atomic E-state index is 13.6. The van der Waals surface area contributed by atoms with Gasteiger partial charge in [-0.3, -0.25) is 4.79 Å². The van der Waals surface area contributed by atoms with Gasteiger partial charge in [-0.1, -0.05) is 6.92 Å². The van der Waals surface area contributed by atoms with Crippen LogP contribution >= 0.6 is 0 Å². The maximum atomic E-state index is 13.6. The summed E-state index contributed by atoms with van der Waals surface area (Å²) in [7, 11) is 0. The molecule has 143 valence electrons. The maximum Gasteiger partial charge on any atom is 0.282 e. The molecule has 5 heteroatoms. The van der Waals surface area contributed by atoms with Crippen molar-refractivity contribution in [2.45, 2.75) is 72.3 Å². The molecule has 1 N–H and O–H groups in total. The number of nitrogens with zero attached hydrogens (tertiary/aromatic N) is 1. The van der Waals surface area contributed by atoms with Crippen LogP contribution in [-0.2, 0) is 37.5 Å². The number of hydrogen-bond acceptors (Lipinski definition) is 1. The first-order valence-corrected chi connectivity index (χ1v) is 9.87. The molecule has 0 aromatic heterocycles. The fourth-order valence-electron chi connectivity index (χ4n) is 4.41. The van der Waals surface area contributed by atoms with E-state index in [1.165, 1.54) is 37.8 Å². The largest absolute Gasteiger partial charge is 0.320 e. The topological polar surface area (TPSA) is 29.1 Å². The molecule has 1 aliphatic heterocycles. The van der Waals surface area contributed by atoms with Gasteiger partial charge in [-0.25, -0.2) is 4.39 Å². The van der Waals surface area contributed by atoms with Crippen LogP contribution in [0.2, 0.25) is 0 Å². The Morgan fingerprint density at radius 3 is 2.12 bits per heavy atom. The van der Waals surface area contributed by atoms with E-state index in [0.717, 1.165) is 53.8 Å². The zero-order valence-corrected chi connectivity index (χ0v) is 19.7. The van der Waals surface area contributed by atoms with Crippen molar-refractivity contribution in [2.75, 3.05) is 25.0 Å². The number of hydrogen-bond donors (Lipinski definition) is 1. The van der Waals surface area contributed by atoms with Crippen LogP contribution in [0.15, 0.2) is 12.1 Å². The van der Waals surface area contributed by atoms with Crippen molar-refractivity contribution >= 4 is 11.6 Å². The number of nitrogens with one attached hydrogen (secondary N) is 1. The Kier molecular flexibility index (Phi) is 9.92. The molecule has 0 spiro atoms. The minimum absolute atomic E-state index is 0. The number of halogens is 1. The van der Waals surface area contributed by atoms with E-state index in [9.17, 15) is 9.18 Å². The molecule has 0 bridgehead atoms. The number of anilines is 1. The van der Waals surface area contributed by atoms with Gasteiger partial charge in [0.05, 0.1) is 19.6 Å². The van der Waals surface area contributed by atoms with Gasteiger partial charge in [0.1, 0.15) is 5.82 Å². The smallest absolute Gasteiger partial charge is 0.282 e. The second-order valence-electron chi connectivity index (χ2n) is 7.60. The van der Waals surface area contributed by atoms with Gasteiger partial charge in [0.15, 0.2) is 6.04 Å². The number of carbonyl (C=O) groups excluding carboxylic acids is 1. The fraction of sp³-hybridized carbons (Fsp3) is 0.667. The minimum atomic E-state index is -0.248. The molecule has 1 radical (unpaired) electrons. The SMILES string of the molecule is CCCC(C(=O)Nc1c(C)cc(F)cc1C)[N+]1(CC)CCCCCC1.[Y]. The predicted octanol–water partition coefficient (Wildman–Crippen LogP) is 4.96. The summed E-state index contributed by atoms with van der Waals surface area (Å²) in [4.78, 5) is 13.2. The van der Waals surface area contributed by atoms with Crippen molar-refractivity contribution in [1.82, 2.24) is 0 Å². The molecule has 1 atom stereocenters. The quantitative estimate of drug-likeness (QED) is 0.626. The van der Waals surface area contributed by atoms with Crippen molar-refractivity contribution in [3.05, 3.63) is 29.1 Å². The summed E-state index contributed by atoms with van der Waals surface area (Å²) in [6.45, 7) is 11.3. The monoisotopic (exact) mass is 438 g/mol. The van der Waals surface area contributed by atoms with Gasteiger partial charge in [0.25, 0.3) is 5.91 Å². The third kappa shape index (κ3) is 5.59. The molecule has 1 amide bonds. The number of carbonyl (C=O) groups is 1. The molecular weight excluding hydrogens is 404 g/mol. The van der Waals surface area contributed by atoms with E-state index in [0.29, 0.717) is 0 Å². The molecule has 1 aromatic rings. The minimum Gasteiger partial charge on any atom is -0.320 e. The van der Waals surface area contributed by atoms with Gasteiger partial charge in [0.2, 0.25) is 0 Å². The van der Waals surface area contributed by atoms with Gasteiger partial charge in [-0.05, 0) is 76.1 Å². The normalized spacial score (nSPS) is 17.7. The molecule has 3 nitrogen and oxygen atoms in total. The van der Waals surface area contributed by atoms with E-state index >= 15 is 0 Å². The van der Waals surface area contributed by atoms with Crippen molar-refractivity contribution in [1.29, 1.82) is 0 Å². The zero-order chi connectivity index (χ0) is 18.4. The van der Waals surface area contributed by atoms with Crippen molar-refractivity contribution < 1.29 is 46.4 Å². The summed E-state index contributed by atoms with van der Waals surface area (Å²) in [5, 5.41) is 3.15. The molecule has 1 saturated heterocycles. The summed E-state index contributed by atoms with van der Waals surface area (Å²) in [6.07, 6.45) is 6.86. The summed E-state index contributed by atoms with van der Waals surface area (Å²) < 4.78 is 14.5. The number of aryl methyl sites for hydroxylation is 2. The molecule has 1 aliphatic rings. The fourth-order valence-corrected chi connectivity index (χ4v) is 4.41. The third-order valence-electron chi connectivity index (χ3n) is 5.86. The van der Waals surface area contributed by atoms with E-state index in [1.54, 1.807) is 0 Å². The molecule has 1 aromatic carbocycles. The summed E-state index contributed by atoms with van der Waals surface area (Å²) in [5.74, 6) is -0.147. The van der Waals surface area contributed by atoms with Gasteiger partial charge < -0.3 is 9.80 Å². The van der Waals surface area contributed by atoms with Crippen molar-refractivity contribution in [3.63, 3.8) is 0 Å². The standard InChI is InChI=1S/C21H33FN2O.Y/c1-5-11-19(24(6-2)12-9-7-8-10-13-24)21(25)23-20-16(3)14-18(22)15-17(20)4;/h14-15,19H,5-13H2,1-4H3;/p+1. The summed E-state index contributed by atoms with van der Waals surface area (Å²) in [6, 6.07) is 2.97. The Balaban J connectivity index is 0.00000338. The summed E-state index contributed by atoms with van der Waals surface area (Å²) >= 11 is 0. The Morgan fingerprint density at radius 2 is 1.65 bits per heavy atom. The van der Waals surface area contributed by atoms with Gasteiger partial charge in [-0.15, -0.1) is 0 Å². The predicted molar refractivity (Wildman–Crippen MR) is 102 cm³/mol. The van der Waals surface area contributed by atoms with Crippen LogP contribution in [0.5, 0.6) is 0 Å². The van der Waals surface area contributed by atoms with Crippen LogP contribution in [0.1, 0.15) is 63.5 Å². The average Bonchev–Trinajstić information content (AvgIpc) is 2.82. The third-order valence-corrected chi connectivity index (χ3v) is 5.86. The molecule has 1 fully saturated rings. The van der Waals surface area contributed by atoms with Crippen molar-refractivity contribution in [2.24, 2.45) is 0 Å². The molecule has 0 saturated carbocycles. The number of benzene rings is 1. The number of likely N-dealkylation sites (N-methyl/N-ethyl adjacent to an activating group) is 1. The molecule has 2 rings (SSSR count). The van der Waals surface area contributed by atoms with Crippen LogP contribution in [0.3, 0.4) is 0 Å². The molecular formula is C21H34FN2OY+. The van der Waals surface area contributed by atoms with Crippen LogP contribution in [0.4, 0.5) is 10.1 Å². The van der Waals surface area contributed by atoms with Gasteiger partial charge >= 0.3 is 0 Å². The van der Waals surface area contributed by atoms with Crippen LogP contribution < -0.4 is 5.32 Å². The summed E-state index contributed by atoms with van der Waals surface area (Å²) in [5.41, 5.74) is 2.36. The Bertz CT molecular complexity index is 575. The average molecular weight is 438 g/mol. The Morgan fingerprint density at radius 1 is 1.12 bits per heavy atom. The number of likely N-dealkylation sites (tertiary alicyclic amines) is 1. The van der Waals surface area contributed by atoms with E-state index in [4.69, 9.17) is 0 Å². The molecule has 26 heavy (non-hydrogen) atoms. The van der Waals surface area contributed by atoms with Crippen molar-refractivity contribution in [3.8, 4) is 0 Å².